The van der Waals surface area contributed by atoms with E-state index in [1.165, 1.54) is 24.6 Å². The first-order valence-electron chi connectivity index (χ1n) is 8.38. The number of rotatable bonds is 5. The lowest BCUT2D eigenvalue weighted by Crippen LogP contribution is -2.45. The van der Waals surface area contributed by atoms with Crippen molar-refractivity contribution in [3.63, 3.8) is 0 Å². The average Bonchev–Trinajstić information content (AvgIpc) is 2.67. The molecule has 2 unspecified atom stereocenters. The van der Waals surface area contributed by atoms with E-state index in [0.717, 1.165) is 5.56 Å². The molecule has 140 valence electrons. The molecule has 7 heteroatoms. The molecule has 2 aromatic rings. The van der Waals surface area contributed by atoms with Crippen LogP contribution in [0.1, 0.15) is 18.6 Å². The van der Waals surface area contributed by atoms with Crippen LogP contribution in [0.15, 0.2) is 53.4 Å². The molecule has 3 rings (SSSR count). The minimum Gasteiger partial charge on any atom is -0.497 e. The van der Waals surface area contributed by atoms with Gasteiger partial charge in [0.2, 0.25) is 10.0 Å². The van der Waals surface area contributed by atoms with E-state index in [0.29, 0.717) is 12.3 Å². The van der Waals surface area contributed by atoms with Crippen LogP contribution < -0.4 is 9.47 Å². The molecule has 1 aliphatic heterocycles. The summed E-state index contributed by atoms with van der Waals surface area (Å²) in [4.78, 5) is 0.127. The van der Waals surface area contributed by atoms with Crippen molar-refractivity contribution in [2.45, 2.75) is 24.0 Å². The molecule has 0 aromatic heterocycles. The van der Waals surface area contributed by atoms with Crippen molar-refractivity contribution in [2.75, 3.05) is 27.3 Å². The third-order valence-corrected chi connectivity index (χ3v) is 6.26. The Morgan fingerprint density at radius 2 is 1.77 bits per heavy atom. The number of sulfonamides is 1. The van der Waals surface area contributed by atoms with Crippen molar-refractivity contribution in [3.05, 3.63) is 54.1 Å². The molecule has 1 fully saturated rings. The highest BCUT2D eigenvalue weighted by Gasteiger charge is 2.36. The van der Waals surface area contributed by atoms with E-state index in [1.807, 2.05) is 37.3 Å². The Hall–Kier alpha value is -2.09. The van der Waals surface area contributed by atoms with Gasteiger partial charge < -0.3 is 14.2 Å². The first-order chi connectivity index (χ1) is 12.5. The minimum absolute atomic E-state index is 0.127. The van der Waals surface area contributed by atoms with Crippen LogP contribution >= 0.6 is 0 Å². The van der Waals surface area contributed by atoms with Crippen LogP contribution in [0.2, 0.25) is 0 Å². The maximum atomic E-state index is 13.2. The number of morpholine rings is 1. The van der Waals surface area contributed by atoms with Crippen molar-refractivity contribution in [3.8, 4) is 11.5 Å². The second kappa shape index (κ2) is 7.65. The molecule has 0 aliphatic carbocycles. The summed E-state index contributed by atoms with van der Waals surface area (Å²) in [6.45, 7) is 2.43. The van der Waals surface area contributed by atoms with Gasteiger partial charge in [-0.2, -0.15) is 4.31 Å². The van der Waals surface area contributed by atoms with Crippen LogP contribution in [0.5, 0.6) is 11.5 Å². The highest BCUT2D eigenvalue weighted by atomic mass is 32.2. The standard InChI is InChI=1S/C19H23NO5S/c1-14-12-20(13-18(25-14)15-7-5-4-6-8-15)26(21,22)19-10-9-16(23-2)11-17(19)24-3/h4-11,14,18H,12-13H2,1-3H3. The molecular formula is C19H23NO5S. The third-order valence-electron chi connectivity index (χ3n) is 4.39. The topological polar surface area (TPSA) is 65.1 Å². The molecule has 0 spiro atoms. The van der Waals surface area contributed by atoms with Crippen LogP contribution in [0.3, 0.4) is 0 Å². The maximum Gasteiger partial charge on any atom is 0.246 e. The summed E-state index contributed by atoms with van der Waals surface area (Å²) in [6.07, 6.45) is -0.521. The van der Waals surface area contributed by atoms with Gasteiger partial charge in [0.25, 0.3) is 0 Å². The highest BCUT2D eigenvalue weighted by molar-refractivity contribution is 7.89. The van der Waals surface area contributed by atoms with Gasteiger partial charge in [0.15, 0.2) is 0 Å². The fraction of sp³-hybridized carbons (Fsp3) is 0.368. The van der Waals surface area contributed by atoms with Gasteiger partial charge in [-0.1, -0.05) is 30.3 Å². The van der Waals surface area contributed by atoms with E-state index in [4.69, 9.17) is 14.2 Å². The largest absolute Gasteiger partial charge is 0.497 e. The first kappa shape index (κ1) is 18.7. The van der Waals surface area contributed by atoms with Gasteiger partial charge >= 0.3 is 0 Å². The Morgan fingerprint density at radius 1 is 1.04 bits per heavy atom. The Kier molecular flexibility index (Phi) is 5.50. The van der Waals surface area contributed by atoms with Gasteiger partial charge in [0.05, 0.1) is 26.4 Å². The number of methoxy groups -OCH3 is 2. The summed E-state index contributed by atoms with van der Waals surface area (Å²) in [5.74, 6) is 0.804. The average molecular weight is 377 g/mol. The Morgan fingerprint density at radius 3 is 2.42 bits per heavy atom. The Labute approximate surface area is 154 Å². The molecule has 0 radical (unpaired) electrons. The SMILES string of the molecule is COc1ccc(S(=O)(=O)N2CC(C)OC(c3ccccc3)C2)c(OC)c1. The maximum absolute atomic E-state index is 13.2. The second-order valence-corrected chi connectivity index (χ2v) is 8.09. The van der Waals surface area contributed by atoms with Crippen LogP contribution in [0, 0.1) is 0 Å². The number of hydrogen-bond donors (Lipinski definition) is 0. The number of nitrogens with zero attached hydrogens (tertiary/aromatic N) is 1. The van der Waals surface area contributed by atoms with Crippen molar-refractivity contribution < 1.29 is 22.6 Å². The fourth-order valence-corrected chi connectivity index (χ4v) is 4.74. The lowest BCUT2D eigenvalue weighted by atomic mass is 10.1. The Balaban J connectivity index is 1.93. The van der Waals surface area contributed by atoms with Crippen molar-refractivity contribution in [2.24, 2.45) is 0 Å². The first-order valence-corrected chi connectivity index (χ1v) is 9.82. The van der Waals surface area contributed by atoms with E-state index < -0.39 is 10.0 Å². The Bertz CT molecular complexity index is 853. The number of benzene rings is 2. The summed E-state index contributed by atoms with van der Waals surface area (Å²) in [7, 11) is -0.759. The molecule has 6 nitrogen and oxygen atoms in total. The van der Waals surface area contributed by atoms with E-state index in [1.54, 1.807) is 12.1 Å². The fourth-order valence-electron chi connectivity index (χ4n) is 3.09. The van der Waals surface area contributed by atoms with Crippen molar-refractivity contribution in [1.29, 1.82) is 0 Å². The molecule has 26 heavy (non-hydrogen) atoms. The minimum atomic E-state index is -3.73. The van der Waals surface area contributed by atoms with Gasteiger partial charge in [-0.25, -0.2) is 8.42 Å². The molecule has 0 N–H and O–H groups in total. The van der Waals surface area contributed by atoms with E-state index in [2.05, 4.69) is 0 Å². The highest BCUT2D eigenvalue weighted by Crippen LogP contribution is 2.34. The zero-order valence-electron chi connectivity index (χ0n) is 15.1. The van der Waals surface area contributed by atoms with Gasteiger partial charge in [-0.3, -0.25) is 0 Å². The summed E-state index contributed by atoms with van der Waals surface area (Å²) in [5, 5.41) is 0. The third kappa shape index (κ3) is 3.70. The molecule has 1 aliphatic rings. The van der Waals surface area contributed by atoms with Gasteiger partial charge in [-0.15, -0.1) is 0 Å². The number of ether oxygens (including phenoxy) is 3. The van der Waals surface area contributed by atoms with Crippen LogP contribution in [0.4, 0.5) is 0 Å². The van der Waals surface area contributed by atoms with E-state index in [-0.39, 0.29) is 29.4 Å². The molecule has 1 saturated heterocycles. The molecule has 2 aromatic carbocycles. The van der Waals surface area contributed by atoms with Crippen LogP contribution in [-0.4, -0.2) is 46.1 Å². The predicted molar refractivity (Wildman–Crippen MR) is 98.0 cm³/mol. The zero-order valence-corrected chi connectivity index (χ0v) is 15.9. The normalized spacial score (nSPS) is 21.3. The van der Waals surface area contributed by atoms with Crippen molar-refractivity contribution in [1.82, 2.24) is 4.31 Å². The van der Waals surface area contributed by atoms with Gasteiger partial charge in [0.1, 0.15) is 16.4 Å². The predicted octanol–water partition coefficient (Wildman–Crippen LogP) is 2.85. The molecule has 1 heterocycles. The molecule has 0 bridgehead atoms. The summed E-state index contributed by atoms with van der Waals surface area (Å²) in [6, 6.07) is 14.4. The summed E-state index contributed by atoms with van der Waals surface area (Å²) in [5.41, 5.74) is 0.959. The van der Waals surface area contributed by atoms with Gasteiger partial charge in [-0.05, 0) is 24.6 Å². The van der Waals surface area contributed by atoms with Crippen LogP contribution in [0.25, 0.3) is 0 Å². The smallest absolute Gasteiger partial charge is 0.246 e. The lowest BCUT2D eigenvalue weighted by Gasteiger charge is -2.36. The van der Waals surface area contributed by atoms with Crippen molar-refractivity contribution >= 4 is 10.0 Å². The van der Waals surface area contributed by atoms with E-state index >= 15 is 0 Å². The zero-order chi connectivity index (χ0) is 18.7. The summed E-state index contributed by atoms with van der Waals surface area (Å²) < 4.78 is 44.3. The summed E-state index contributed by atoms with van der Waals surface area (Å²) >= 11 is 0. The quantitative estimate of drug-likeness (QED) is 0.802. The van der Waals surface area contributed by atoms with Crippen LogP contribution in [-0.2, 0) is 14.8 Å². The van der Waals surface area contributed by atoms with Gasteiger partial charge in [0, 0.05) is 19.2 Å². The molecule has 0 saturated carbocycles. The van der Waals surface area contributed by atoms with E-state index in [9.17, 15) is 8.42 Å². The second-order valence-electron chi connectivity index (χ2n) is 6.18. The molecule has 0 amide bonds. The molecular weight excluding hydrogens is 354 g/mol. The monoisotopic (exact) mass is 377 g/mol. The lowest BCUT2D eigenvalue weighted by molar-refractivity contribution is -0.0557. The molecule has 2 atom stereocenters. The number of hydrogen-bond acceptors (Lipinski definition) is 5.